The lowest BCUT2D eigenvalue weighted by atomic mass is 9.80. The van der Waals surface area contributed by atoms with Gasteiger partial charge in [-0.2, -0.15) is 0 Å². The lowest BCUT2D eigenvalue weighted by molar-refractivity contribution is 0.203. The number of phosphoric acid groups is 1. The van der Waals surface area contributed by atoms with Gasteiger partial charge in [0.25, 0.3) is 0 Å². The van der Waals surface area contributed by atoms with Gasteiger partial charge in [-0.3, -0.25) is 4.52 Å². The van der Waals surface area contributed by atoms with Crippen molar-refractivity contribution in [3.8, 4) is 11.5 Å². The van der Waals surface area contributed by atoms with Crippen LogP contribution in [0.1, 0.15) is 132 Å². The summed E-state index contributed by atoms with van der Waals surface area (Å²) in [5, 5.41) is 0. The lowest BCUT2D eigenvalue weighted by Gasteiger charge is -2.30. The van der Waals surface area contributed by atoms with E-state index in [-0.39, 0.29) is 21.7 Å². The van der Waals surface area contributed by atoms with Crippen LogP contribution in [0.15, 0.2) is 36.4 Å². The molecule has 0 spiro atoms. The Kier molecular flexibility index (Phi) is 10.0. The molecule has 4 nitrogen and oxygen atoms in total. The molecule has 2 aromatic rings. The van der Waals surface area contributed by atoms with Gasteiger partial charge in [0.1, 0.15) is 11.5 Å². The van der Waals surface area contributed by atoms with E-state index in [1.807, 2.05) is 24.3 Å². The molecule has 0 fully saturated rings. The molecule has 0 amide bonds. The molecule has 0 saturated heterocycles. The number of hydrogen-bond donors (Lipinski definition) is 0. The molecule has 0 aliphatic carbocycles. The third kappa shape index (κ3) is 8.88. The van der Waals surface area contributed by atoms with Crippen LogP contribution in [-0.4, -0.2) is 6.61 Å². The van der Waals surface area contributed by atoms with Gasteiger partial charge >= 0.3 is 7.82 Å². The molecular weight excluding hydrogens is 491 g/mol. The Bertz CT molecular complexity index is 1040. The molecule has 38 heavy (non-hydrogen) atoms. The highest BCUT2D eigenvalue weighted by molar-refractivity contribution is 7.49. The summed E-state index contributed by atoms with van der Waals surface area (Å²) in [5.74, 6) is 1.07. The van der Waals surface area contributed by atoms with Gasteiger partial charge < -0.3 is 9.05 Å². The summed E-state index contributed by atoms with van der Waals surface area (Å²) in [6, 6.07) is 12.3. The molecule has 0 bridgehead atoms. The van der Waals surface area contributed by atoms with E-state index >= 15 is 0 Å². The Labute approximate surface area is 233 Å². The Morgan fingerprint density at radius 3 is 1.32 bits per heavy atom. The van der Waals surface area contributed by atoms with Gasteiger partial charge in [-0.1, -0.05) is 127 Å². The fraction of sp³-hybridized carbons (Fsp3) is 0.636. The summed E-state index contributed by atoms with van der Waals surface area (Å²) in [7, 11) is -4.01. The van der Waals surface area contributed by atoms with Crippen LogP contribution in [0.4, 0.5) is 0 Å². The Balaban J connectivity index is 2.60. The summed E-state index contributed by atoms with van der Waals surface area (Å²) in [4.78, 5) is 0. The largest absolute Gasteiger partial charge is 0.587 e. The molecule has 214 valence electrons. The van der Waals surface area contributed by atoms with Gasteiger partial charge in [-0.15, -0.1) is 0 Å². The third-order valence-electron chi connectivity index (χ3n) is 6.72. The van der Waals surface area contributed by atoms with Gasteiger partial charge in [0.05, 0.1) is 6.61 Å². The average Bonchev–Trinajstić information content (AvgIpc) is 2.74. The maximum atomic E-state index is 14.4. The van der Waals surface area contributed by atoms with Crippen molar-refractivity contribution in [2.24, 2.45) is 0 Å². The van der Waals surface area contributed by atoms with Crippen LogP contribution in [0.25, 0.3) is 0 Å². The summed E-state index contributed by atoms with van der Waals surface area (Å²) in [6.45, 7) is 28.4. The molecule has 0 heterocycles. The van der Waals surface area contributed by atoms with Crippen LogP contribution in [0.3, 0.4) is 0 Å². The van der Waals surface area contributed by atoms with Crippen molar-refractivity contribution in [2.45, 2.75) is 131 Å². The van der Waals surface area contributed by atoms with Gasteiger partial charge in [0.2, 0.25) is 0 Å². The Hall–Kier alpha value is -1.77. The van der Waals surface area contributed by atoms with Crippen LogP contribution in [0.2, 0.25) is 0 Å². The molecule has 0 atom stereocenters. The predicted molar refractivity (Wildman–Crippen MR) is 162 cm³/mol. The van der Waals surface area contributed by atoms with E-state index in [0.717, 1.165) is 30.4 Å². The number of benzene rings is 2. The first-order valence-electron chi connectivity index (χ1n) is 14.1. The smallest absolute Gasteiger partial charge is 0.395 e. The molecule has 0 aromatic heterocycles. The molecule has 0 radical (unpaired) electrons. The van der Waals surface area contributed by atoms with Crippen LogP contribution < -0.4 is 9.05 Å². The molecular formula is C33H53O4P. The quantitative estimate of drug-likeness (QED) is 0.233. The SMILES string of the molecule is CCCCCOP(=O)(Oc1ccc(C(C)(C)C)cc1C(C)(C)C)Oc1ccc(C(C)(C)C)cc1C(C)(C)C. The third-order valence-corrected chi connectivity index (χ3v) is 8.06. The van der Waals surface area contributed by atoms with Crippen molar-refractivity contribution in [1.29, 1.82) is 0 Å². The summed E-state index contributed by atoms with van der Waals surface area (Å²) in [6.07, 6.45) is 2.82. The van der Waals surface area contributed by atoms with E-state index in [1.54, 1.807) is 0 Å². The molecule has 2 aromatic carbocycles. The standard InChI is InChI=1S/C33H53O4P/c1-14-15-16-21-35-38(34,36-28-19-17-24(30(2,3)4)22-26(28)32(8,9)10)37-29-20-18-25(31(5,6)7)23-27(29)33(11,12)13/h17-20,22-23H,14-16,21H2,1-13H3. The number of rotatable bonds is 9. The molecule has 0 aliphatic heterocycles. The van der Waals surface area contributed by atoms with Crippen LogP contribution >= 0.6 is 7.82 Å². The molecule has 0 aliphatic rings. The topological polar surface area (TPSA) is 44.8 Å². The van der Waals surface area contributed by atoms with E-state index in [0.29, 0.717) is 18.1 Å². The zero-order valence-corrected chi connectivity index (χ0v) is 27.3. The Morgan fingerprint density at radius 1 is 0.605 bits per heavy atom. The average molecular weight is 545 g/mol. The minimum atomic E-state index is -4.01. The van der Waals surface area contributed by atoms with Crippen LogP contribution in [0, 0.1) is 0 Å². The van der Waals surface area contributed by atoms with E-state index in [1.165, 1.54) is 11.1 Å². The van der Waals surface area contributed by atoms with Crippen LogP contribution in [0.5, 0.6) is 11.5 Å². The van der Waals surface area contributed by atoms with E-state index in [2.05, 4.69) is 102 Å². The summed E-state index contributed by atoms with van der Waals surface area (Å²) >= 11 is 0. The van der Waals surface area contributed by atoms with E-state index < -0.39 is 7.82 Å². The number of hydrogen-bond acceptors (Lipinski definition) is 4. The second-order valence-electron chi connectivity index (χ2n) is 14.6. The minimum Gasteiger partial charge on any atom is -0.395 e. The van der Waals surface area contributed by atoms with Gasteiger partial charge in [0.15, 0.2) is 0 Å². The second-order valence-corrected chi connectivity index (χ2v) is 16.1. The van der Waals surface area contributed by atoms with E-state index in [4.69, 9.17) is 13.6 Å². The maximum Gasteiger partial charge on any atom is 0.587 e. The molecule has 2 rings (SSSR count). The van der Waals surface area contributed by atoms with Gasteiger partial charge in [0, 0.05) is 11.1 Å². The molecule has 0 N–H and O–H groups in total. The fourth-order valence-electron chi connectivity index (χ4n) is 4.17. The van der Waals surface area contributed by atoms with Crippen molar-refractivity contribution in [2.75, 3.05) is 6.61 Å². The highest BCUT2D eigenvalue weighted by Gasteiger charge is 2.36. The first kappa shape index (κ1) is 32.4. The second kappa shape index (κ2) is 11.8. The van der Waals surface area contributed by atoms with Crippen molar-refractivity contribution in [3.63, 3.8) is 0 Å². The fourth-order valence-corrected chi connectivity index (χ4v) is 5.46. The lowest BCUT2D eigenvalue weighted by Crippen LogP contribution is -2.19. The number of unbranched alkanes of at least 4 members (excludes halogenated alkanes) is 2. The highest BCUT2D eigenvalue weighted by atomic mass is 31.2. The predicted octanol–water partition coefficient (Wildman–Crippen LogP) is 10.6. The molecule has 0 unspecified atom stereocenters. The normalized spacial score (nSPS) is 13.5. The Morgan fingerprint density at radius 2 is 1.00 bits per heavy atom. The van der Waals surface area contributed by atoms with Gasteiger partial charge in [-0.25, -0.2) is 4.57 Å². The summed E-state index contributed by atoms with van der Waals surface area (Å²) in [5.41, 5.74) is 3.85. The minimum absolute atomic E-state index is 0.0220. The zero-order valence-electron chi connectivity index (χ0n) is 26.4. The summed E-state index contributed by atoms with van der Waals surface area (Å²) < 4.78 is 32.9. The van der Waals surface area contributed by atoms with Crippen molar-refractivity contribution in [1.82, 2.24) is 0 Å². The van der Waals surface area contributed by atoms with Gasteiger partial charge in [-0.05, 0) is 51.3 Å². The molecule has 5 heteroatoms. The van der Waals surface area contributed by atoms with E-state index in [9.17, 15) is 4.57 Å². The van der Waals surface area contributed by atoms with Crippen molar-refractivity contribution < 1.29 is 18.1 Å². The monoisotopic (exact) mass is 544 g/mol. The molecule has 0 saturated carbocycles. The number of phosphoric ester groups is 1. The maximum absolute atomic E-state index is 14.4. The zero-order chi connectivity index (χ0) is 29.2. The van der Waals surface area contributed by atoms with Crippen molar-refractivity contribution in [3.05, 3.63) is 58.7 Å². The highest BCUT2D eigenvalue weighted by Crippen LogP contribution is 2.53. The first-order chi connectivity index (χ1) is 17.2. The first-order valence-corrected chi connectivity index (χ1v) is 15.6. The van der Waals surface area contributed by atoms with Crippen LogP contribution in [-0.2, 0) is 30.7 Å². The van der Waals surface area contributed by atoms with Crippen molar-refractivity contribution >= 4 is 7.82 Å².